The molecule has 0 saturated carbocycles. The first-order valence-corrected chi connectivity index (χ1v) is 11.9. The molecule has 1 aliphatic heterocycles. The zero-order chi connectivity index (χ0) is 26.6. The maximum Gasteiger partial charge on any atom is 0.346 e. The molecule has 0 amide bonds. The summed E-state index contributed by atoms with van der Waals surface area (Å²) in [7, 11) is 0. The molecule has 1 heterocycles. The summed E-state index contributed by atoms with van der Waals surface area (Å²) in [4.78, 5) is 12.5. The van der Waals surface area contributed by atoms with Gasteiger partial charge in [0.1, 0.15) is 41.3 Å². The molecule has 7 heteroatoms. The number of allylic oxidation sites excluding steroid dienone is 1. The number of carbonyl (C=O) groups is 1. The number of ether oxygens (including phenoxy) is 3. The minimum atomic E-state index is -0.838. The highest BCUT2D eigenvalue weighted by molar-refractivity contribution is 5.91. The van der Waals surface area contributed by atoms with Crippen LogP contribution in [-0.4, -0.2) is 5.97 Å². The summed E-state index contributed by atoms with van der Waals surface area (Å²) in [5.41, 5.74) is 9.86. The van der Waals surface area contributed by atoms with E-state index >= 15 is 0 Å². The Hall–Kier alpha value is -5.09. The largest absolute Gasteiger partial charge is 0.489 e. The molecule has 6 nitrogen and oxygen atoms in total. The van der Waals surface area contributed by atoms with Gasteiger partial charge in [0.05, 0.1) is 11.5 Å². The molecule has 5 rings (SSSR count). The average molecular weight is 507 g/mol. The lowest BCUT2D eigenvalue weighted by Crippen LogP contribution is -2.21. The van der Waals surface area contributed by atoms with Crippen LogP contribution in [0.2, 0.25) is 0 Å². The number of hydrogen-bond donors (Lipinski definition) is 1. The van der Waals surface area contributed by atoms with Gasteiger partial charge in [0, 0.05) is 11.6 Å². The topological polar surface area (TPSA) is 94.6 Å². The van der Waals surface area contributed by atoms with E-state index < -0.39 is 17.7 Å². The summed E-state index contributed by atoms with van der Waals surface area (Å²) in [6, 6.07) is 28.0. The van der Waals surface area contributed by atoms with Crippen molar-refractivity contribution in [3.8, 4) is 23.3 Å². The highest BCUT2D eigenvalue weighted by atomic mass is 19.1. The van der Waals surface area contributed by atoms with Crippen LogP contribution in [0.4, 0.5) is 4.39 Å². The van der Waals surface area contributed by atoms with Gasteiger partial charge >= 0.3 is 5.97 Å². The van der Waals surface area contributed by atoms with E-state index in [0.29, 0.717) is 23.7 Å². The Morgan fingerprint density at radius 2 is 1.79 bits per heavy atom. The molecule has 1 unspecified atom stereocenters. The van der Waals surface area contributed by atoms with E-state index in [4.69, 9.17) is 19.9 Å². The SMILES string of the molecule is Cc1ccc(COc2cccc(C3C(C#N)=C(N)Oc4cc(OC(=O)c5ccccc5F)ccc43)c2)cc1. The smallest absolute Gasteiger partial charge is 0.346 e. The predicted molar refractivity (Wildman–Crippen MR) is 139 cm³/mol. The molecule has 4 aromatic rings. The zero-order valence-corrected chi connectivity index (χ0v) is 20.5. The molecule has 188 valence electrons. The van der Waals surface area contributed by atoms with Crippen LogP contribution in [-0.2, 0) is 6.61 Å². The number of rotatable bonds is 6. The number of hydrogen-bond acceptors (Lipinski definition) is 6. The second-order valence-corrected chi connectivity index (χ2v) is 8.84. The van der Waals surface area contributed by atoms with Gasteiger partial charge in [-0.15, -0.1) is 0 Å². The molecular formula is C31H23FN2O4. The second kappa shape index (κ2) is 10.5. The van der Waals surface area contributed by atoms with Crippen LogP contribution in [0.15, 0.2) is 102 Å². The molecule has 1 aliphatic rings. The van der Waals surface area contributed by atoms with Gasteiger partial charge in [-0.05, 0) is 48.4 Å². The number of nitrogens with two attached hydrogens (primary N) is 1. The van der Waals surface area contributed by atoms with Crippen LogP contribution in [0.1, 0.15) is 38.5 Å². The summed E-state index contributed by atoms with van der Waals surface area (Å²) in [5.74, 6) is -0.966. The van der Waals surface area contributed by atoms with E-state index in [1.54, 1.807) is 18.2 Å². The van der Waals surface area contributed by atoms with Gasteiger partial charge in [-0.25, -0.2) is 9.18 Å². The Morgan fingerprint density at radius 1 is 1.00 bits per heavy atom. The number of esters is 1. The first-order valence-electron chi connectivity index (χ1n) is 11.9. The van der Waals surface area contributed by atoms with Gasteiger partial charge in [-0.1, -0.05) is 60.2 Å². The molecule has 0 radical (unpaired) electrons. The Kier molecular flexibility index (Phi) is 6.79. The third kappa shape index (κ3) is 5.06. The zero-order valence-electron chi connectivity index (χ0n) is 20.5. The number of carbonyl (C=O) groups excluding carboxylic acids is 1. The standard InChI is InChI=1S/C31H23FN2O4/c1-19-9-11-20(12-10-19)18-36-22-6-4-5-21(15-22)29-25-14-13-23(16-28(25)38-30(34)26(29)17-33)37-31(35)24-7-2-3-8-27(24)32/h2-16,29H,18,34H2,1H3. The second-order valence-electron chi connectivity index (χ2n) is 8.84. The number of aryl methyl sites for hydroxylation is 1. The van der Waals surface area contributed by atoms with E-state index in [0.717, 1.165) is 11.1 Å². The van der Waals surface area contributed by atoms with Gasteiger partial charge in [0.2, 0.25) is 5.88 Å². The van der Waals surface area contributed by atoms with E-state index in [1.807, 2.05) is 55.5 Å². The van der Waals surface area contributed by atoms with Crippen molar-refractivity contribution in [2.45, 2.75) is 19.4 Å². The number of nitriles is 1. The fourth-order valence-electron chi connectivity index (χ4n) is 4.27. The summed E-state index contributed by atoms with van der Waals surface area (Å²) in [6.45, 7) is 2.43. The average Bonchev–Trinajstić information content (AvgIpc) is 2.92. The lowest BCUT2D eigenvalue weighted by atomic mass is 9.83. The van der Waals surface area contributed by atoms with Crippen molar-refractivity contribution in [2.24, 2.45) is 5.73 Å². The van der Waals surface area contributed by atoms with Gasteiger partial charge < -0.3 is 19.9 Å². The van der Waals surface area contributed by atoms with E-state index in [1.165, 1.54) is 29.8 Å². The van der Waals surface area contributed by atoms with Crippen LogP contribution in [0.25, 0.3) is 0 Å². The molecule has 2 N–H and O–H groups in total. The monoisotopic (exact) mass is 506 g/mol. The first-order chi connectivity index (χ1) is 18.4. The Balaban J connectivity index is 1.42. The number of halogens is 1. The lowest BCUT2D eigenvalue weighted by molar-refractivity contribution is 0.0729. The predicted octanol–water partition coefficient (Wildman–Crippen LogP) is 6.15. The van der Waals surface area contributed by atoms with Crippen molar-refractivity contribution in [1.82, 2.24) is 0 Å². The van der Waals surface area contributed by atoms with Crippen molar-refractivity contribution in [1.29, 1.82) is 5.26 Å². The number of nitrogens with zero attached hydrogens (tertiary/aromatic N) is 1. The molecule has 0 aliphatic carbocycles. The molecule has 0 bridgehead atoms. The minimum Gasteiger partial charge on any atom is -0.489 e. The third-order valence-corrected chi connectivity index (χ3v) is 6.21. The first kappa shape index (κ1) is 24.6. The normalized spacial score (nSPS) is 14.2. The molecular weight excluding hydrogens is 483 g/mol. The Bertz CT molecular complexity index is 1590. The number of benzene rings is 4. The van der Waals surface area contributed by atoms with Crippen LogP contribution in [0.5, 0.6) is 17.2 Å². The maximum absolute atomic E-state index is 14.0. The number of fused-ring (bicyclic) bond motifs is 1. The van der Waals surface area contributed by atoms with E-state index in [-0.39, 0.29) is 22.8 Å². The molecule has 0 aromatic heterocycles. The van der Waals surface area contributed by atoms with Crippen molar-refractivity contribution >= 4 is 5.97 Å². The summed E-state index contributed by atoms with van der Waals surface area (Å²) in [6.07, 6.45) is 0. The van der Waals surface area contributed by atoms with Crippen molar-refractivity contribution in [2.75, 3.05) is 0 Å². The van der Waals surface area contributed by atoms with E-state index in [9.17, 15) is 14.4 Å². The third-order valence-electron chi connectivity index (χ3n) is 6.21. The van der Waals surface area contributed by atoms with Crippen molar-refractivity contribution in [3.05, 3.63) is 136 Å². The molecule has 0 spiro atoms. The van der Waals surface area contributed by atoms with Crippen molar-refractivity contribution in [3.63, 3.8) is 0 Å². The van der Waals surface area contributed by atoms with Gasteiger partial charge in [0.15, 0.2) is 0 Å². The molecule has 1 atom stereocenters. The van der Waals surface area contributed by atoms with Crippen LogP contribution < -0.4 is 19.9 Å². The molecule has 0 saturated heterocycles. The summed E-state index contributed by atoms with van der Waals surface area (Å²) >= 11 is 0. The van der Waals surface area contributed by atoms with E-state index in [2.05, 4.69) is 6.07 Å². The van der Waals surface area contributed by atoms with Crippen LogP contribution in [0, 0.1) is 24.1 Å². The maximum atomic E-state index is 14.0. The fourth-order valence-corrected chi connectivity index (χ4v) is 4.27. The fraction of sp³-hybridized carbons (Fsp3) is 0.0968. The Morgan fingerprint density at radius 3 is 2.55 bits per heavy atom. The van der Waals surface area contributed by atoms with Crippen LogP contribution >= 0.6 is 0 Å². The van der Waals surface area contributed by atoms with Gasteiger partial charge in [-0.3, -0.25) is 0 Å². The quantitative estimate of drug-likeness (QED) is 0.249. The Labute approximate surface area is 219 Å². The molecule has 38 heavy (non-hydrogen) atoms. The lowest BCUT2D eigenvalue weighted by Gasteiger charge is -2.27. The van der Waals surface area contributed by atoms with Gasteiger partial charge in [0.25, 0.3) is 0 Å². The minimum absolute atomic E-state index is 0.0476. The summed E-state index contributed by atoms with van der Waals surface area (Å²) in [5, 5.41) is 9.88. The molecule has 0 fully saturated rings. The van der Waals surface area contributed by atoms with Crippen LogP contribution in [0.3, 0.4) is 0 Å². The van der Waals surface area contributed by atoms with Gasteiger partial charge in [-0.2, -0.15) is 5.26 Å². The highest BCUT2D eigenvalue weighted by Crippen LogP contribution is 2.44. The summed E-state index contributed by atoms with van der Waals surface area (Å²) < 4.78 is 31.1. The highest BCUT2D eigenvalue weighted by Gasteiger charge is 2.31. The molecule has 4 aromatic carbocycles. The van der Waals surface area contributed by atoms with Crippen molar-refractivity contribution < 1.29 is 23.4 Å².